The average molecular weight is 416 g/mol. The summed E-state index contributed by atoms with van der Waals surface area (Å²) in [5.41, 5.74) is 1.11. The summed E-state index contributed by atoms with van der Waals surface area (Å²) < 4.78 is 11.7. The van der Waals surface area contributed by atoms with Crippen LogP contribution in [-0.2, 0) is 4.79 Å². The lowest BCUT2D eigenvalue weighted by atomic mass is 10.1. The molecule has 0 aliphatic carbocycles. The highest BCUT2D eigenvalue weighted by atomic mass is 16.5. The molecule has 1 aliphatic heterocycles. The predicted molar refractivity (Wildman–Crippen MR) is 119 cm³/mol. The van der Waals surface area contributed by atoms with Crippen LogP contribution in [0.4, 0.5) is 5.69 Å². The van der Waals surface area contributed by atoms with Crippen molar-refractivity contribution < 1.29 is 19.1 Å². The van der Waals surface area contributed by atoms with E-state index >= 15 is 0 Å². The third-order valence-electron chi connectivity index (χ3n) is 4.92. The monoisotopic (exact) mass is 416 g/mol. The van der Waals surface area contributed by atoms with E-state index in [0.29, 0.717) is 35.0 Å². The predicted octanol–water partition coefficient (Wildman–Crippen LogP) is 4.41. The van der Waals surface area contributed by atoms with E-state index in [-0.39, 0.29) is 18.4 Å². The van der Waals surface area contributed by atoms with Crippen molar-refractivity contribution in [3.63, 3.8) is 0 Å². The van der Waals surface area contributed by atoms with Crippen molar-refractivity contribution in [1.29, 1.82) is 0 Å². The summed E-state index contributed by atoms with van der Waals surface area (Å²) in [7, 11) is 0. The minimum absolute atomic E-state index is 0.134. The Bertz CT molecular complexity index is 1070. The summed E-state index contributed by atoms with van der Waals surface area (Å²) in [6.07, 6.45) is 0.0560. The van der Waals surface area contributed by atoms with Crippen molar-refractivity contribution in [3.05, 3.63) is 84.4 Å². The lowest BCUT2D eigenvalue weighted by Gasteiger charge is -2.34. The molecule has 4 rings (SSSR count). The first kappa shape index (κ1) is 20.5. The quantitative estimate of drug-likeness (QED) is 0.646. The normalized spacial score (nSPS) is 14.9. The van der Waals surface area contributed by atoms with Crippen LogP contribution in [0, 0.1) is 0 Å². The molecular weight excluding hydrogens is 392 g/mol. The van der Waals surface area contributed by atoms with Gasteiger partial charge in [-0.1, -0.05) is 43.3 Å². The van der Waals surface area contributed by atoms with E-state index in [4.69, 9.17) is 9.47 Å². The zero-order valence-electron chi connectivity index (χ0n) is 17.3. The molecule has 6 heteroatoms. The van der Waals surface area contributed by atoms with Gasteiger partial charge >= 0.3 is 0 Å². The lowest BCUT2D eigenvalue weighted by molar-refractivity contribution is -0.127. The van der Waals surface area contributed by atoms with Crippen LogP contribution in [0.5, 0.6) is 17.2 Å². The van der Waals surface area contributed by atoms with Crippen molar-refractivity contribution in [2.45, 2.75) is 19.4 Å². The topological polar surface area (TPSA) is 67.9 Å². The molecule has 1 atom stereocenters. The molecule has 0 radical (unpaired) electrons. The number of fused-ring (bicyclic) bond motifs is 1. The minimum atomic E-state index is -0.769. The molecule has 1 aliphatic rings. The zero-order chi connectivity index (χ0) is 21.6. The Labute approximate surface area is 181 Å². The molecule has 0 saturated heterocycles. The van der Waals surface area contributed by atoms with Crippen LogP contribution in [-0.4, -0.2) is 31.0 Å². The van der Waals surface area contributed by atoms with Gasteiger partial charge in [0.05, 0.1) is 12.2 Å². The molecule has 1 N–H and O–H groups in total. The highest BCUT2D eigenvalue weighted by Crippen LogP contribution is 2.34. The molecule has 0 saturated carbocycles. The molecule has 31 heavy (non-hydrogen) atoms. The summed E-state index contributed by atoms with van der Waals surface area (Å²) in [5.74, 6) is 1.32. The Balaban J connectivity index is 1.59. The lowest BCUT2D eigenvalue weighted by Crippen LogP contribution is -2.50. The first-order valence-corrected chi connectivity index (χ1v) is 10.3. The van der Waals surface area contributed by atoms with E-state index in [9.17, 15) is 9.59 Å². The fourth-order valence-corrected chi connectivity index (χ4v) is 3.40. The summed E-state index contributed by atoms with van der Waals surface area (Å²) in [6, 6.07) is 23.7. The second kappa shape index (κ2) is 9.34. The molecular formula is C25H24N2O4. The van der Waals surface area contributed by atoms with E-state index in [1.54, 1.807) is 35.2 Å². The van der Waals surface area contributed by atoms with Gasteiger partial charge in [0.1, 0.15) is 17.2 Å². The van der Waals surface area contributed by atoms with Crippen LogP contribution in [0.3, 0.4) is 0 Å². The van der Waals surface area contributed by atoms with E-state index in [0.717, 1.165) is 6.42 Å². The summed E-state index contributed by atoms with van der Waals surface area (Å²) >= 11 is 0. The van der Waals surface area contributed by atoms with E-state index in [1.165, 1.54) is 0 Å². The van der Waals surface area contributed by atoms with E-state index in [2.05, 4.69) is 5.32 Å². The van der Waals surface area contributed by atoms with Gasteiger partial charge in [-0.15, -0.1) is 0 Å². The molecule has 0 unspecified atom stereocenters. The second-order valence-corrected chi connectivity index (χ2v) is 7.22. The number of amides is 2. The second-order valence-electron chi connectivity index (χ2n) is 7.22. The maximum absolute atomic E-state index is 13.4. The molecule has 1 heterocycles. The van der Waals surface area contributed by atoms with Crippen molar-refractivity contribution >= 4 is 17.5 Å². The Morgan fingerprint density at radius 3 is 2.55 bits per heavy atom. The number of ether oxygens (including phenoxy) is 2. The number of carbonyl (C=O) groups is 2. The first-order chi connectivity index (χ1) is 15.2. The fraction of sp³-hybridized carbons (Fsp3) is 0.200. The van der Waals surface area contributed by atoms with Gasteiger partial charge in [0.2, 0.25) is 0 Å². The van der Waals surface area contributed by atoms with Crippen LogP contribution in [0.1, 0.15) is 23.7 Å². The number of nitrogens with zero attached hydrogens (tertiary/aromatic N) is 1. The summed E-state index contributed by atoms with van der Waals surface area (Å²) in [4.78, 5) is 27.6. The highest BCUT2D eigenvalue weighted by Gasteiger charge is 2.34. The maximum atomic E-state index is 13.4. The van der Waals surface area contributed by atoms with Gasteiger partial charge in [0, 0.05) is 12.1 Å². The van der Waals surface area contributed by atoms with Gasteiger partial charge in [0.25, 0.3) is 11.8 Å². The van der Waals surface area contributed by atoms with Gasteiger partial charge in [-0.25, -0.2) is 0 Å². The number of rotatable bonds is 6. The zero-order valence-corrected chi connectivity index (χ0v) is 17.3. The van der Waals surface area contributed by atoms with Crippen LogP contribution < -0.4 is 19.7 Å². The SMILES string of the molecule is CCCNC(=O)[C@H]1CN(C(=O)c2cccc(Oc3ccccc3)c2)c2ccccc2O1. The Morgan fingerprint density at radius 1 is 1.00 bits per heavy atom. The summed E-state index contributed by atoms with van der Waals surface area (Å²) in [6.45, 7) is 2.68. The third kappa shape index (κ3) is 4.69. The Hall–Kier alpha value is -3.80. The van der Waals surface area contributed by atoms with Crippen LogP contribution in [0.25, 0.3) is 0 Å². The van der Waals surface area contributed by atoms with Gasteiger partial charge in [0.15, 0.2) is 6.10 Å². The number of anilines is 1. The van der Waals surface area contributed by atoms with Gasteiger partial charge in [-0.05, 0) is 48.9 Å². The van der Waals surface area contributed by atoms with Crippen molar-refractivity contribution in [3.8, 4) is 17.2 Å². The Kier molecular flexibility index (Phi) is 6.17. The molecule has 3 aromatic rings. The van der Waals surface area contributed by atoms with Gasteiger partial charge < -0.3 is 19.7 Å². The number of hydrogen-bond acceptors (Lipinski definition) is 4. The first-order valence-electron chi connectivity index (χ1n) is 10.3. The number of benzene rings is 3. The maximum Gasteiger partial charge on any atom is 0.262 e. The van der Waals surface area contributed by atoms with Crippen molar-refractivity contribution in [2.24, 2.45) is 0 Å². The molecule has 0 spiro atoms. The Morgan fingerprint density at radius 2 is 1.74 bits per heavy atom. The molecule has 158 valence electrons. The van der Waals surface area contributed by atoms with Crippen molar-refractivity contribution in [2.75, 3.05) is 18.0 Å². The number of carbonyl (C=O) groups excluding carboxylic acids is 2. The smallest absolute Gasteiger partial charge is 0.262 e. The van der Waals surface area contributed by atoms with Crippen LogP contribution in [0.2, 0.25) is 0 Å². The largest absolute Gasteiger partial charge is 0.477 e. The molecule has 0 aromatic heterocycles. The number of nitrogens with one attached hydrogen (secondary N) is 1. The van der Waals surface area contributed by atoms with E-state index in [1.807, 2.05) is 55.5 Å². The fourth-order valence-electron chi connectivity index (χ4n) is 3.40. The number of para-hydroxylation sites is 3. The number of hydrogen-bond donors (Lipinski definition) is 1. The minimum Gasteiger partial charge on any atom is -0.477 e. The molecule has 3 aromatic carbocycles. The average Bonchev–Trinajstić information content (AvgIpc) is 2.82. The van der Waals surface area contributed by atoms with Gasteiger partial charge in [-0.2, -0.15) is 0 Å². The molecule has 0 bridgehead atoms. The highest BCUT2D eigenvalue weighted by molar-refractivity contribution is 6.08. The molecule has 0 fully saturated rings. The van der Waals surface area contributed by atoms with Crippen LogP contribution >= 0.6 is 0 Å². The van der Waals surface area contributed by atoms with Crippen LogP contribution in [0.15, 0.2) is 78.9 Å². The van der Waals surface area contributed by atoms with Crippen molar-refractivity contribution in [1.82, 2.24) is 5.32 Å². The standard InChI is InChI=1S/C25H24N2O4/c1-2-15-26-24(28)23-17-27(21-13-6-7-14-22(21)31-23)25(29)18-9-8-12-20(16-18)30-19-10-4-3-5-11-19/h3-14,16,23H,2,15,17H2,1H3,(H,26,28)/t23-/m1/s1. The van der Waals surface area contributed by atoms with E-state index < -0.39 is 6.10 Å². The molecule has 2 amide bonds. The third-order valence-corrected chi connectivity index (χ3v) is 4.92. The summed E-state index contributed by atoms with van der Waals surface area (Å²) in [5, 5.41) is 2.85. The van der Waals surface area contributed by atoms with Gasteiger partial charge in [-0.3, -0.25) is 9.59 Å². The molecule has 6 nitrogen and oxygen atoms in total.